The van der Waals surface area contributed by atoms with Crippen LogP contribution in [0.2, 0.25) is 0 Å². The highest BCUT2D eigenvalue weighted by Gasteiger charge is 2.38. The maximum atomic E-state index is 6.21. The zero-order valence-corrected chi connectivity index (χ0v) is 13.4. The molecule has 1 aromatic carbocycles. The molecule has 112 valence electrons. The molecular weight excluding hydrogens is 244 g/mol. The van der Waals surface area contributed by atoms with Gasteiger partial charge in [-0.15, -0.1) is 0 Å². The summed E-state index contributed by atoms with van der Waals surface area (Å²) >= 11 is 0. The Balaban J connectivity index is 2.14. The van der Waals surface area contributed by atoms with Gasteiger partial charge in [0.25, 0.3) is 0 Å². The quantitative estimate of drug-likeness (QED) is 0.886. The summed E-state index contributed by atoms with van der Waals surface area (Å²) in [6, 6.07) is 8.94. The number of hydrogen-bond donors (Lipinski definition) is 1. The fourth-order valence-corrected chi connectivity index (χ4v) is 3.76. The van der Waals surface area contributed by atoms with Crippen LogP contribution < -0.4 is 5.73 Å². The molecule has 2 unspecified atom stereocenters. The van der Waals surface area contributed by atoms with Crippen LogP contribution in [-0.2, 0) is 6.54 Å². The zero-order chi connectivity index (χ0) is 14.6. The minimum atomic E-state index is 0.220. The van der Waals surface area contributed by atoms with E-state index in [9.17, 15) is 0 Å². The molecule has 1 aliphatic rings. The molecule has 0 saturated heterocycles. The van der Waals surface area contributed by atoms with Gasteiger partial charge in [-0.3, -0.25) is 4.90 Å². The molecule has 0 heterocycles. The second-order valence-electron chi connectivity index (χ2n) is 6.63. The summed E-state index contributed by atoms with van der Waals surface area (Å²) in [7, 11) is 0. The predicted octanol–water partition coefficient (Wildman–Crippen LogP) is 3.72. The van der Waals surface area contributed by atoms with E-state index in [0.29, 0.717) is 0 Å². The van der Waals surface area contributed by atoms with Gasteiger partial charge in [0.15, 0.2) is 0 Å². The number of likely N-dealkylation sites (N-methyl/N-ethyl adjacent to an activating group) is 1. The van der Waals surface area contributed by atoms with Crippen LogP contribution >= 0.6 is 0 Å². The van der Waals surface area contributed by atoms with E-state index >= 15 is 0 Å². The van der Waals surface area contributed by atoms with Crippen molar-refractivity contribution in [2.24, 2.45) is 11.7 Å². The molecule has 1 aliphatic carbocycles. The molecule has 2 nitrogen and oxygen atoms in total. The van der Waals surface area contributed by atoms with Crippen molar-refractivity contribution < 1.29 is 0 Å². The molecular formula is C18H30N2. The Bertz CT molecular complexity index is 412. The Kier molecular flexibility index (Phi) is 5.22. The lowest BCUT2D eigenvalue weighted by molar-refractivity contribution is 0.0367. The Labute approximate surface area is 124 Å². The van der Waals surface area contributed by atoms with Crippen molar-refractivity contribution in [2.75, 3.05) is 13.1 Å². The van der Waals surface area contributed by atoms with Gasteiger partial charge in [-0.1, -0.05) is 56.5 Å². The molecule has 0 radical (unpaired) electrons. The van der Waals surface area contributed by atoms with Gasteiger partial charge in [0.05, 0.1) is 0 Å². The summed E-state index contributed by atoms with van der Waals surface area (Å²) in [4.78, 5) is 2.62. The van der Waals surface area contributed by atoms with Crippen LogP contribution in [0, 0.1) is 12.8 Å². The van der Waals surface area contributed by atoms with E-state index in [1.807, 2.05) is 0 Å². The summed E-state index contributed by atoms with van der Waals surface area (Å²) in [5.41, 5.74) is 9.17. The van der Waals surface area contributed by atoms with E-state index in [0.717, 1.165) is 25.6 Å². The summed E-state index contributed by atoms with van der Waals surface area (Å²) in [6.45, 7) is 9.69. The molecule has 0 spiro atoms. The van der Waals surface area contributed by atoms with E-state index in [2.05, 4.69) is 49.9 Å². The molecule has 1 fully saturated rings. The fourth-order valence-electron chi connectivity index (χ4n) is 3.76. The largest absolute Gasteiger partial charge is 0.329 e. The smallest absolute Gasteiger partial charge is 0.0337 e. The van der Waals surface area contributed by atoms with Crippen LogP contribution in [-0.4, -0.2) is 23.5 Å². The molecule has 2 N–H and O–H groups in total. The molecule has 1 aromatic rings. The fraction of sp³-hybridized carbons (Fsp3) is 0.667. The van der Waals surface area contributed by atoms with E-state index in [1.165, 1.54) is 36.8 Å². The van der Waals surface area contributed by atoms with Crippen molar-refractivity contribution in [3.8, 4) is 0 Å². The Morgan fingerprint density at radius 1 is 1.30 bits per heavy atom. The molecule has 20 heavy (non-hydrogen) atoms. The number of rotatable bonds is 5. The lowest BCUT2D eigenvalue weighted by Gasteiger charge is -2.47. The molecule has 0 amide bonds. The summed E-state index contributed by atoms with van der Waals surface area (Å²) in [6.07, 6.45) is 5.20. The third kappa shape index (κ3) is 3.42. The lowest BCUT2D eigenvalue weighted by Crippen LogP contribution is -2.55. The molecule has 2 heteroatoms. The third-order valence-corrected chi connectivity index (χ3v) is 4.99. The highest BCUT2D eigenvalue weighted by atomic mass is 15.2. The van der Waals surface area contributed by atoms with Crippen LogP contribution in [0.4, 0.5) is 0 Å². The van der Waals surface area contributed by atoms with Gasteiger partial charge in [0, 0.05) is 18.6 Å². The second-order valence-corrected chi connectivity index (χ2v) is 6.63. The molecule has 0 aliphatic heterocycles. The van der Waals surface area contributed by atoms with Gasteiger partial charge >= 0.3 is 0 Å². The number of nitrogens with zero attached hydrogens (tertiary/aromatic N) is 1. The number of nitrogens with two attached hydrogens (primary N) is 1. The van der Waals surface area contributed by atoms with Gasteiger partial charge in [0.1, 0.15) is 0 Å². The van der Waals surface area contributed by atoms with Crippen LogP contribution in [0.5, 0.6) is 0 Å². The summed E-state index contributed by atoms with van der Waals surface area (Å²) < 4.78 is 0. The van der Waals surface area contributed by atoms with Crippen LogP contribution in [0.1, 0.15) is 50.7 Å². The predicted molar refractivity (Wildman–Crippen MR) is 86.7 cm³/mol. The molecule has 2 atom stereocenters. The first-order valence-electron chi connectivity index (χ1n) is 8.10. The normalized spacial score (nSPS) is 26.9. The molecule has 2 rings (SSSR count). The highest BCUT2D eigenvalue weighted by molar-refractivity contribution is 5.21. The standard InChI is InChI=1S/C18H30N2/c1-4-20(13-17-9-7-15(2)8-10-17)18(14-19)11-5-6-16(3)12-18/h7-10,16H,4-6,11-14,19H2,1-3H3. The Hall–Kier alpha value is -0.860. The SMILES string of the molecule is CCN(Cc1ccc(C)cc1)C1(CN)CCCC(C)C1. The third-order valence-electron chi connectivity index (χ3n) is 4.99. The van der Waals surface area contributed by atoms with Gasteiger partial charge in [0.2, 0.25) is 0 Å². The average Bonchev–Trinajstić information content (AvgIpc) is 2.46. The van der Waals surface area contributed by atoms with Crippen molar-refractivity contribution in [1.29, 1.82) is 0 Å². The molecule has 0 aromatic heterocycles. The van der Waals surface area contributed by atoms with Gasteiger partial charge in [-0.25, -0.2) is 0 Å². The summed E-state index contributed by atoms with van der Waals surface area (Å²) in [5, 5.41) is 0. The highest BCUT2D eigenvalue weighted by Crippen LogP contribution is 2.36. The first-order chi connectivity index (χ1) is 9.59. The number of benzene rings is 1. The Morgan fingerprint density at radius 3 is 2.55 bits per heavy atom. The monoisotopic (exact) mass is 274 g/mol. The van der Waals surface area contributed by atoms with Crippen molar-refractivity contribution >= 4 is 0 Å². The topological polar surface area (TPSA) is 29.3 Å². The van der Waals surface area contributed by atoms with E-state index in [4.69, 9.17) is 5.73 Å². The first-order valence-corrected chi connectivity index (χ1v) is 8.10. The Morgan fingerprint density at radius 2 is 2.00 bits per heavy atom. The van der Waals surface area contributed by atoms with Crippen molar-refractivity contribution in [1.82, 2.24) is 4.90 Å². The average molecular weight is 274 g/mol. The van der Waals surface area contributed by atoms with E-state index in [1.54, 1.807) is 0 Å². The first kappa shape index (κ1) is 15.5. The zero-order valence-electron chi connectivity index (χ0n) is 13.4. The van der Waals surface area contributed by atoms with Crippen LogP contribution in [0.25, 0.3) is 0 Å². The number of hydrogen-bond acceptors (Lipinski definition) is 2. The molecule has 1 saturated carbocycles. The van der Waals surface area contributed by atoms with Gasteiger partial charge in [-0.2, -0.15) is 0 Å². The minimum absolute atomic E-state index is 0.220. The van der Waals surface area contributed by atoms with E-state index in [-0.39, 0.29) is 5.54 Å². The maximum absolute atomic E-state index is 6.21. The van der Waals surface area contributed by atoms with Crippen molar-refractivity contribution in [3.05, 3.63) is 35.4 Å². The lowest BCUT2D eigenvalue weighted by atomic mass is 9.75. The molecule has 0 bridgehead atoms. The maximum Gasteiger partial charge on any atom is 0.0337 e. The second kappa shape index (κ2) is 6.73. The minimum Gasteiger partial charge on any atom is -0.329 e. The van der Waals surface area contributed by atoms with Gasteiger partial charge < -0.3 is 5.73 Å². The van der Waals surface area contributed by atoms with Crippen molar-refractivity contribution in [3.63, 3.8) is 0 Å². The van der Waals surface area contributed by atoms with E-state index < -0.39 is 0 Å². The summed E-state index contributed by atoms with van der Waals surface area (Å²) in [5.74, 6) is 0.805. The van der Waals surface area contributed by atoms with Crippen LogP contribution in [0.15, 0.2) is 24.3 Å². The number of aryl methyl sites for hydroxylation is 1. The van der Waals surface area contributed by atoms with Gasteiger partial charge in [-0.05, 0) is 37.8 Å². The van der Waals surface area contributed by atoms with Crippen LogP contribution in [0.3, 0.4) is 0 Å². The van der Waals surface area contributed by atoms with Crippen molar-refractivity contribution in [2.45, 2.75) is 58.5 Å².